The van der Waals surface area contributed by atoms with E-state index in [0.717, 1.165) is 59.0 Å². The second-order valence-corrected chi connectivity index (χ2v) is 9.71. The summed E-state index contributed by atoms with van der Waals surface area (Å²) in [5.74, 6) is 1.52. The molecule has 1 N–H and O–H groups in total. The minimum absolute atomic E-state index is 0.113. The molecule has 1 aromatic heterocycles. The monoisotopic (exact) mass is 507 g/mol. The van der Waals surface area contributed by atoms with Gasteiger partial charge in [0.1, 0.15) is 29.7 Å². The maximum Gasteiger partial charge on any atom is 0.143 e. The molecule has 0 saturated carbocycles. The van der Waals surface area contributed by atoms with Crippen molar-refractivity contribution in [3.63, 3.8) is 0 Å². The van der Waals surface area contributed by atoms with Crippen LogP contribution in [0.4, 0.5) is 4.39 Å². The second-order valence-electron chi connectivity index (χ2n) is 9.71. The zero-order chi connectivity index (χ0) is 26.1. The first-order valence-corrected chi connectivity index (χ1v) is 12.9. The molecule has 2 aliphatic heterocycles. The SMILES string of the molecule is COc1cc(C=C2CCCN3C2=NC(c2ccccc2)NC3c2ccc(F)cc2)ccc1-n1cnc(C)c1. The van der Waals surface area contributed by atoms with Gasteiger partial charge in [-0.05, 0) is 72.4 Å². The molecule has 0 aliphatic carbocycles. The van der Waals surface area contributed by atoms with Crippen molar-refractivity contribution in [3.8, 4) is 11.4 Å². The Labute approximate surface area is 222 Å². The Morgan fingerprint density at radius 1 is 1.03 bits per heavy atom. The lowest BCUT2D eigenvalue weighted by Gasteiger charge is -2.44. The quantitative estimate of drug-likeness (QED) is 0.349. The number of hydrogen-bond donors (Lipinski definition) is 1. The first kappa shape index (κ1) is 24.1. The molecule has 7 heteroatoms. The van der Waals surface area contributed by atoms with Crippen molar-refractivity contribution >= 4 is 11.9 Å². The third kappa shape index (κ3) is 4.73. The van der Waals surface area contributed by atoms with E-state index in [4.69, 9.17) is 9.73 Å². The highest BCUT2D eigenvalue weighted by Crippen LogP contribution is 2.36. The molecule has 2 atom stereocenters. The van der Waals surface area contributed by atoms with Crippen LogP contribution in [-0.2, 0) is 0 Å². The number of aliphatic imine (C=N–C) groups is 1. The minimum atomic E-state index is -0.236. The van der Waals surface area contributed by atoms with Crippen molar-refractivity contribution in [1.29, 1.82) is 0 Å². The molecule has 1 saturated heterocycles. The fourth-order valence-corrected chi connectivity index (χ4v) is 5.27. The van der Waals surface area contributed by atoms with Crippen LogP contribution in [0.1, 0.15) is 47.6 Å². The van der Waals surface area contributed by atoms with E-state index in [2.05, 4.69) is 51.6 Å². The van der Waals surface area contributed by atoms with Crippen molar-refractivity contribution in [2.75, 3.05) is 13.7 Å². The fourth-order valence-electron chi connectivity index (χ4n) is 5.27. The van der Waals surface area contributed by atoms with Gasteiger partial charge in [-0.2, -0.15) is 0 Å². The van der Waals surface area contributed by atoms with Crippen LogP contribution in [0.3, 0.4) is 0 Å². The first-order valence-electron chi connectivity index (χ1n) is 12.9. The Bertz CT molecular complexity index is 1490. The number of fused-ring (bicyclic) bond motifs is 1. The van der Waals surface area contributed by atoms with Crippen LogP contribution in [0.5, 0.6) is 5.75 Å². The number of piperidine rings is 1. The first-order chi connectivity index (χ1) is 18.6. The number of rotatable bonds is 5. The lowest BCUT2D eigenvalue weighted by atomic mass is 9.96. The summed E-state index contributed by atoms with van der Waals surface area (Å²) in [7, 11) is 1.69. The molecule has 2 unspecified atom stereocenters. The van der Waals surface area contributed by atoms with Gasteiger partial charge in [0.2, 0.25) is 0 Å². The van der Waals surface area contributed by atoms with Gasteiger partial charge in [0.15, 0.2) is 0 Å². The van der Waals surface area contributed by atoms with Gasteiger partial charge in [-0.25, -0.2) is 14.4 Å². The number of methoxy groups -OCH3 is 1. The van der Waals surface area contributed by atoms with Crippen molar-refractivity contribution < 1.29 is 9.13 Å². The maximum absolute atomic E-state index is 13.8. The Kier molecular flexibility index (Phi) is 6.52. The van der Waals surface area contributed by atoms with Gasteiger partial charge in [0, 0.05) is 12.7 Å². The molecule has 0 bridgehead atoms. The van der Waals surface area contributed by atoms with Gasteiger partial charge in [0.05, 0.1) is 24.8 Å². The number of nitrogens with zero attached hydrogens (tertiary/aromatic N) is 4. The van der Waals surface area contributed by atoms with E-state index in [9.17, 15) is 4.39 Å². The molecule has 38 heavy (non-hydrogen) atoms. The van der Waals surface area contributed by atoms with E-state index in [1.165, 1.54) is 17.7 Å². The second kappa shape index (κ2) is 10.3. The van der Waals surface area contributed by atoms with Crippen LogP contribution in [0.25, 0.3) is 11.8 Å². The number of benzene rings is 3. The van der Waals surface area contributed by atoms with Gasteiger partial charge >= 0.3 is 0 Å². The van der Waals surface area contributed by atoms with Gasteiger partial charge in [-0.1, -0.05) is 48.5 Å². The Balaban J connectivity index is 1.40. The number of ether oxygens (including phenoxy) is 1. The molecule has 192 valence electrons. The number of aromatic nitrogens is 2. The molecule has 6 nitrogen and oxygen atoms in total. The summed E-state index contributed by atoms with van der Waals surface area (Å²) >= 11 is 0. The summed E-state index contributed by atoms with van der Waals surface area (Å²) in [4.78, 5) is 11.9. The summed E-state index contributed by atoms with van der Waals surface area (Å²) in [6, 6.07) is 23.2. The number of amidine groups is 1. The number of imidazole rings is 1. The topological polar surface area (TPSA) is 54.7 Å². The normalized spacial score (nSPS) is 20.2. The minimum Gasteiger partial charge on any atom is -0.495 e. The summed E-state index contributed by atoms with van der Waals surface area (Å²) in [6.45, 7) is 2.84. The Hall–Kier alpha value is -4.23. The summed E-state index contributed by atoms with van der Waals surface area (Å²) in [6.07, 6.45) is 7.61. The van der Waals surface area contributed by atoms with E-state index in [-0.39, 0.29) is 18.1 Å². The summed E-state index contributed by atoms with van der Waals surface area (Å²) in [5, 5.41) is 3.70. The van der Waals surface area contributed by atoms with Crippen LogP contribution in [0, 0.1) is 12.7 Å². The molecular formula is C31H30FN5O. The summed E-state index contributed by atoms with van der Waals surface area (Å²) < 4.78 is 21.5. The van der Waals surface area contributed by atoms with Crippen LogP contribution in [-0.4, -0.2) is 33.9 Å². The zero-order valence-corrected chi connectivity index (χ0v) is 21.5. The number of halogens is 1. The third-order valence-electron chi connectivity index (χ3n) is 7.12. The Morgan fingerprint density at radius 3 is 2.58 bits per heavy atom. The lowest BCUT2D eigenvalue weighted by Crippen LogP contribution is -2.50. The van der Waals surface area contributed by atoms with E-state index in [1.807, 2.05) is 48.0 Å². The van der Waals surface area contributed by atoms with E-state index in [0.29, 0.717) is 0 Å². The molecule has 0 amide bonds. The van der Waals surface area contributed by atoms with Crippen molar-refractivity contribution in [3.05, 3.63) is 119 Å². The molecule has 4 aromatic rings. The van der Waals surface area contributed by atoms with Crippen LogP contribution >= 0.6 is 0 Å². The molecule has 0 radical (unpaired) electrons. The predicted octanol–water partition coefficient (Wildman–Crippen LogP) is 6.21. The van der Waals surface area contributed by atoms with Gasteiger partial charge in [0.25, 0.3) is 0 Å². The van der Waals surface area contributed by atoms with E-state index < -0.39 is 0 Å². The van der Waals surface area contributed by atoms with Crippen LogP contribution in [0.2, 0.25) is 0 Å². The Morgan fingerprint density at radius 2 is 1.84 bits per heavy atom. The molecule has 3 aromatic carbocycles. The van der Waals surface area contributed by atoms with Gasteiger partial charge in [-0.15, -0.1) is 0 Å². The average Bonchev–Trinajstić information content (AvgIpc) is 3.39. The molecule has 1 fully saturated rings. The molecule has 6 rings (SSSR count). The molecular weight excluding hydrogens is 477 g/mol. The predicted molar refractivity (Wildman–Crippen MR) is 148 cm³/mol. The van der Waals surface area contributed by atoms with E-state index in [1.54, 1.807) is 13.4 Å². The van der Waals surface area contributed by atoms with Crippen molar-refractivity contribution in [2.24, 2.45) is 4.99 Å². The van der Waals surface area contributed by atoms with Crippen molar-refractivity contribution in [2.45, 2.75) is 32.1 Å². The largest absolute Gasteiger partial charge is 0.495 e. The van der Waals surface area contributed by atoms with Crippen LogP contribution in [0.15, 0.2) is 95.9 Å². The molecule has 0 spiro atoms. The van der Waals surface area contributed by atoms with Crippen LogP contribution < -0.4 is 10.1 Å². The maximum atomic E-state index is 13.8. The highest BCUT2D eigenvalue weighted by molar-refractivity contribution is 6.03. The van der Waals surface area contributed by atoms with Gasteiger partial charge in [-0.3, -0.25) is 5.32 Å². The standard InChI is InChI=1S/C31H30FN5O/c1-21-19-36(20-33-21)27-15-10-22(18-28(27)38-2)17-25-9-6-16-37-30(24-11-13-26(32)14-12-24)34-29(35-31(25)37)23-7-4-3-5-8-23/h3-5,7-8,10-15,17-20,29-30,34H,6,9,16H2,1-2H3. The smallest absolute Gasteiger partial charge is 0.143 e. The number of hydrogen-bond acceptors (Lipinski definition) is 5. The number of aryl methyl sites for hydroxylation is 1. The zero-order valence-electron chi connectivity index (χ0n) is 21.5. The number of nitrogens with one attached hydrogen (secondary N) is 1. The molecule has 2 aliphatic rings. The fraction of sp³-hybridized carbons (Fsp3) is 0.226. The van der Waals surface area contributed by atoms with Gasteiger partial charge < -0.3 is 14.2 Å². The lowest BCUT2D eigenvalue weighted by molar-refractivity contribution is 0.211. The molecule has 3 heterocycles. The highest BCUT2D eigenvalue weighted by atomic mass is 19.1. The highest BCUT2D eigenvalue weighted by Gasteiger charge is 2.35. The van der Waals surface area contributed by atoms with E-state index >= 15 is 0 Å². The summed E-state index contributed by atoms with van der Waals surface area (Å²) in [5.41, 5.74) is 6.24. The third-order valence-corrected chi connectivity index (χ3v) is 7.12. The van der Waals surface area contributed by atoms with Crippen molar-refractivity contribution in [1.82, 2.24) is 19.8 Å². The average molecular weight is 508 g/mol.